The number of thioether (sulfide) groups is 1. The molecule has 3 heterocycles. The summed E-state index contributed by atoms with van der Waals surface area (Å²) in [6.07, 6.45) is 1.11. The van der Waals surface area contributed by atoms with E-state index in [0.717, 1.165) is 22.9 Å². The molecule has 3 aromatic rings. The van der Waals surface area contributed by atoms with Gasteiger partial charge in [0.2, 0.25) is 17.7 Å². The minimum Gasteiger partial charge on any atom is -0.494 e. The predicted octanol–water partition coefficient (Wildman–Crippen LogP) is 4.54. The van der Waals surface area contributed by atoms with Crippen molar-refractivity contribution in [3.63, 3.8) is 0 Å². The van der Waals surface area contributed by atoms with Gasteiger partial charge in [-0.25, -0.2) is 0 Å². The van der Waals surface area contributed by atoms with E-state index in [1.807, 2.05) is 61.5 Å². The number of hydrogen-bond acceptors (Lipinski definition) is 6. The maximum absolute atomic E-state index is 14.1. The summed E-state index contributed by atoms with van der Waals surface area (Å²) in [5, 5.41) is 17.7. The number of nitrogens with one attached hydrogen (secondary N) is 2. The van der Waals surface area contributed by atoms with Gasteiger partial charge in [0.1, 0.15) is 11.8 Å². The number of ether oxygens (including phenoxy) is 1. The molecule has 3 amide bonds. The minimum atomic E-state index is -0.744. The van der Waals surface area contributed by atoms with Crippen LogP contribution in [-0.2, 0) is 14.4 Å². The second-order valence-corrected chi connectivity index (χ2v) is 12.7. The molecular weight excluding hydrogens is 538 g/mol. The zero-order chi connectivity index (χ0) is 28.7. The highest BCUT2D eigenvalue weighted by molar-refractivity contribution is 8.02. The Kier molecular flexibility index (Phi) is 7.42. The number of rotatable bonds is 9. The van der Waals surface area contributed by atoms with Gasteiger partial charge in [0, 0.05) is 29.8 Å². The van der Waals surface area contributed by atoms with Gasteiger partial charge in [0.15, 0.2) is 0 Å². The largest absolute Gasteiger partial charge is 0.494 e. The monoisotopic (exact) mass is 573 g/mol. The summed E-state index contributed by atoms with van der Waals surface area (Å²) >= 11 is 1.64. The van der Waals surface area contributed by atoms with E-state index in [9.17, 15) is 19.5 Å². The van der Waals surface area contributed by atoms with Crippen molar-refractivity contribution in [1.29, 1.82) is 0 Å². The quantitative estimate of drug-likeness (QED) is 0.347. The van der Waals surface area contributed by atoms with Crippen molar-refractivity contribution in [2.75, 3.05) is 30.4 Å². The molecule has 3 aromatic carbocycles. The Balaban J connectivity index is 1.30. The lowest BCUT2D eigenvalue weighted by molar-refractivity contribution is -0.138. The van der Waals surface area contributed by atoms with E-state index in [1.54, 1.807) is 28.8 Å². The van der Waals surface area contributed by atoms with Crippen LogP contribution < -0.4 is 15.4 Å². The Morgan fingerprint density at radius 1 is 1.02 bits per heavy atom. The molecule has 3 fully saturated rings. The zero-order valence-electron chi connectivity index (χ0n) is 23.2. The molecule has 1 spiro atoms. The topological polar surface area (TPSA) is 108 Å². The minimum absolute atomic E-state index is 0.0578. The maximum atomic E-state index is 14.1. The van der Waals surface area contributed by atoms with Gasteiger partial charge in [0.05, 0.1) is 23.2 Å². The molecule has 214 valence electrons. The van der Waals surface area contributed by atoms with Crippen molar-refractivity contribution in [3.8, 4) is 5.75 Å². The predicted molar refractivity (Wildman–Crippen MR) is 161 cm³/mol. The van der Waals surface area contributed by atoms with Gasteiger partial charge in [-0.2, -0.15) is 0 Å². The van der Waals surface area contributed by atoms with E-state index in [2.05, 4.69) is 17.6 Å². The molecule has 0 radical (unpaired) electrons. The van der Waals surface area contributed by atoms with Crippen LogP contribution in [0.15, 0.2) is 66.7 Å². The van der Waals surface area contributed by atoms with Gasteiger partial charge in [-0.1, -0.05) is 37.3 Å². The van der Waals surface area contributed by atoms with E-state index in [1.165, 1.54) is 0 Å². The normalized spacial score (nSPS) is 28.1. The number of amides is 3. The fraction of sp³-hybridized carbons (Fsp3) is 0.406. The molecule has 0 aromatic heterocycles. The summed E-state index contributed by atoms with van der Waals surface area (Å²) in [5.74, 6) is -1.00. The van der Waals surface area contributed by atoms with Gasteiger partial charge >= 0.3 is 0 Å². The molecule has 0 saturated carbocycles. The van der Waals surface area contributed by atoms with E-state index in [0.29, 0.717) is 24.4 Å². The summed E-state index contributed by atoms with van der Waals surface area (Å²) < 4.78 is 4.78. The summed E-state index contributed by atoms with van der Waals surface area (Å²) in [6, 6.07) is 20.2. The standard InChI is InChI=1S/C32H35N3O5S/c1-3-40-24-13-11-22(12-14-24)33-29(37)26-25-17-19(2)32(41-25)27(26)31(39)35(15-6-16-36)28(32)30(38)34-23-10-9-20-7-4-5-8-21(20)18-23/h4-5,7-14,18-19,25-28,36H,3,6,15-17H2,1-2H3,(H,33,37)(H,34,38)/t19?,25-,26+,27+,28?,32?/m1/s1. The van der Waals surface area contributed by atoms with Crippen molar-refractivity contribution >= 4 is 51.6 Å². The Morgan fingerprint density at radius 3 is 2.46 bits per heavy atom. The number of aliphatic hydroxyl groups is 1. The zero-order valence-corrected chi connectivity index (χ0v) is 24.0. The highest BCUT2D eigenvalue weighted by Gasteiger charge is 2.75. The number of carbonyl (C=O) groups excluding carboxylic acids is 3. The van der Waals surface area contributed by atoms with E-state index < -0.39 is 22.6 Å². The van der Waals surface area contributed by atoms with Gasteiger partial charge in [-0.3, -0.25) is 14.4 Å². The average molecular weight is 574 g/mol. The molecular formula is C32H35N3O5S. The number of anilines is 2. The van der Waals surface area contributed by atoms with Crippen molar-refractivity contribution in [3.05, 3.63) is 66.7 Å². The van der Waals surface area contributed by atoms with Crippen LogP contribution in [0.1, 0.15) is 26.7 Å². The summed E-state index contributed by atoms with van der Waals surface area (Å²) in [5.41, 5.74) is 1.31. The first kappa shape index (κ1) is 27.6. The molecule has 3 unspecified atom stereocenters. The molecule has 3 aliphatic heterocycles. The fourth-order valence-corrected chi connectivity index (χ4v) is 9.53. The number of fused-ring (bicyclic) bond motifs is 2. The van der Waals surface area contributed by atoms with Crippen LogP contribution in [0.4, 0.5) is 11.4 Å². The first-order valence-corrected chi connectivity index (χ1v) is 15.2. The lowest BCUT2D eigenvalue weighted by atomic mass is 9.66. The molecule has 0 aliphatic carbocycles. The first-order chi connectivity index (χ1) is 19.9. The summed E-state index contributed by atoms with van der Waals surface area (Å²) in [6.45, 7) is 4.73. The Labute approximate surface area is 243 Å². The van der Waals surface area contributed by atoms with E-state index in [-0.39, 0.29) is 42.0 Å². The third-order valence-corrected chi connectivity index (χ3v) is 10.9. The highest BCUT2D eigenvalue weighted by atomic mass is 32.2. The molecule has 6 atom stereocenters. The molecule has 3 aliphatic rings. The number of benzene rings is 3. The van der Waals surface area contributed by atoms with Crippen molar-refractivity contribution < 1.29 is 24.2 Å². The third kappa shape index (κ3) is 4.65. The summed E-state index contributed by atoms with van der Waals surface area (Å²) in [4.78, 5) is 43.6. The van der Waals surface area contributed by atoms with Gasteiger partial charge in [-0.15, -0.1) is 11.8 Å². The molecule has 6 rings (SSSR count). The maximum Gasteiger partial charge on any atom is 0.248 e. The average Bonchev–Trinajstić information content (AvgIpc) is 3.56. The SMILES string of the molecule is CCOc1ccc(NC(=O)[C@@H]2[C@H]3C(=O)N(CCCO)C(C(=O)Nc4ccc5ccccc5c4)C34S[C@@H]2CC4C)cc1. The number of likely N-dealkylation sites (tertiary alicyclic amines) is 1. The van der Waals surface area contributed by atoms with Gasteiger partial charge in [-0.05, 0) is 72.9 Å². The van der Waals surface area contributed by atoms with Crippen LogP contribution in [0.5, 0.6) is 5.75 Å². The van der Waals surface area contributed by atoms with Crippen LogP contribution >= 0.6 is 11.8 Å². The third-order valence-electron chi connectivity index (χ3n) is 8.80. The van der Waals surface area contributed by atoms with Crippen LogP contribution in [0, 0.1) is 17.8 Å². The van der Waals surface area contributed by atoms with Gasteiger partial charge < -0.3 is 25.4 Å². The lowest BCUT2D eigenvalue weighted by Crippen LogP contribution is -2.54. The summed E-state index contributed by atoms with van der Waals surface area (Å²) in [7, 11) is 0. The molecule has 2 bridgehead atoms. The number of nitrogens with zero attached hydrogens (tertiary/aromatic N) is 1. The second kappa shape index (κ2) is 11.0. The van der Waals surface area contributed by atoms with Crippen LogP contribution in [-0.4, -0.2) is 63.5 Å². The second-order valence-electron chi connectivity index (χ2n) is 11.2. The number of aliphatic hydroxyl groups excluding tert-OH is 1. The molecule has 3 saturated heterocycles. The van der Waals surface area contributed by atoms with E-state index in [4.69, 9.17) is 4.74 Å². The highest BCUT2D eigenvalue weighted by Crippen LogP contribution is 2.68. The molecule has 3 N–H and O–H groups in total. The van der Waals surface area contributed by atoms with Crippen LogP contribution in [0.25, 0.3) is 10.8 Å². The van der Waals surface area contributed by atoms with Gasteiger partial charge in [0.25, 0.3) is 0 Å². The van der Waals surface area contributed by atoms with E-state index >= 15 is 0 Å². The Hall–Kier alpha value is -3.56. The number of hydrogen-bond donors (Lipinski definition) is 3. The smallest absolute Gasteiger partial charge is 0.248 e. The molecule has 41 heavy (non-hydrogen) atoms. The van der Waals surface area contributed by atoms with Crippen LogP contribution in [0.3, 0.4) is 0 Å². The van der Waals surface area contributed by atoms with Crippen molar-refractivity contribution in [2.24, 2.45) is 17.8 Å². The fourth-order valence-electron chi connectivity index (χ4n) is 7.11. The molecule has 8 nitrogen and oxygen atoms in total. The first-order valence-electron chi connectivity index (χ1n) is 14.3. The molecule has 9 heteroatoms. The Morgan fingerprint density at radius 2 is 1.73 bits per heavy atom. The van der Waals surface area contributed by atoms with Crippen LogP contribution in [0.2, 0.25) is 0 Å². The Bertz CT molecular complexity index is 1480. The van der Waals surface area contributed by atoms with Crippen molar-refractivity contribution in [1.82, 2.24) is 4.90 Å². The van der Waals surface area contributed by atoms with Crippen molar-refractivity contribution in [2.45, 2.75) is 42.7 Å². The number of carbonyl (C=O) groups is 3. The lowest BCUT2D eigenvalue weighted by Gasteiger charge is -2.38.